The lowest BCUT2D eigenvalue weighted by Gasteiger charge is -2.10. The third-order valence-electron chi connectivity index (χ3n) is 2.60. The number of hydrogen-bond donors (Lipinski definition) is 2. The predicted octanol–water partition coefficient (Wildman–Crippen LogP) is 2.58. The average molecular weight is 344 g/mol. The first-order valence-electron chi connectivity index (χ1n) is 5.53. The molecule has 0 heterocycles. The number of thiocarbonyl (C=S) groups is 1. The molecule has 0 aromatic heterocycles. The van der Waals surface area contributed by atoms with E-state index < -0.39 is 4.92 Å². The van der Waals surface area contributed by atoms with E-state index in [2.05, 4.69) is 26.6 Å². The summed E-state index contributed by atoms with van der Waals surface area (Å²) in [5, 5.41) is 16.2. The number of non-ortho nitro benzene ring substituents is 1. The Kier molecular flexibility index (Phi) is 4.11. The van der Waals surface area contributed by atoms with Gasteiger partial charge in [0.15, 0.2) is 5.11 Å². The van der Waals surface area contributed by atoms with Crippen LogP contribution < -0.4 is 10.6 Å². The number of nitrogens with one attached hydrogen (secondary N) is 2. The zero-order valence-corrected chi connectivity index (χ0v) is 12.1. The summed E-state index contributed by atoms with van der Waals surface area (Å²) in [5.74, 6) is -0.0180. The molecule has 1 saturated carbocycles. The summed E-state index contributed by atoms with van der Waals surface area (Å²) >= 11 is 8.22. The molecule has 0 bridgehead atoms. The van der Waals surface area contributed by atoms with Gasteiger partial charge in [-0.1, -0.05) is 0 Å². The van der Waals surface area contributed by atoms with Gasteiger partial charge in [0, 0.05) is 22.5 Å². The Balaban J connectivity index is 2.00. The van der Waals surface area contributed by atoms with Gasteiger partial charge in [-0.2, -0.15) is 0 Å². The van der Waals surface area contributed by atoms with Crippen LogP contribution in [0.15, 0.2) is 22.7 Å². The Labute approximate surface area is 122 Å². The molecule has 1 aliphatic rings. The van der Waals surface area contributed by atoms with Crippen LogP contribution in [0, 0.1) is 16.0 Å². The van der Waals surface area contributed by atoms with Gasteiger partial charge in [0.1, 0.15) is 0 Å². The van der Waals surface area contributed by atoms with Gasteiger partial charge in [-0.15, -0.1) is 0 Å². The highest BCUT2D eigenvalue weighted by atomic mass is 79.9. The fraction of sp³-hybridized carbons (Fsp3) is 0.273. The summed E-state index contributed by atoms with van der Waals surface area (Å²) in [5.41, 5.74) is 0.539. The standard InChI is InChI=1S/C11H10BrN3O3S/c12-8-5-7(15(17)18)3-4-9(8)13-11(19)14-10(16)6-1-2-6/h3-6H,1-2H2,(H2,13,14,16,19). The molecule has 2 N–H and O–H groups in total. The summed E-state index contributed by atoms with van der Waals surface area (Å²) in [6.45, 7) is 0. The maximum atomic E-state index is 11.5. The van der Waals surface area contributed by atoms with Crippen LogP contribution in [0.25, 0.3) is 0 Å². The minimum Gasteiger partial charge on any atom is -0.331 e. The van der Waals surface area contributed by atoms with Crippen molar-refractivity contribution in [3.63, 3.8) is 0 Å². The van der Waals surface area contributed by atoms with Crippen LogP contribution in [-0.4, -0.2) is 15.9 Å². The SMILES string of the molecule is O=C(NC(=S)Nc1ccc([N+](=O)[O-])cc1Br)C1CC1. The molecule has 1 aromatic rings. The molecule has 0 aliphatic heterocycles. The molecule has 0 atom stereocenters. The van der Waals surface area contributed by atoms with Crippen LogP contribution in [0.5, 0.6) is 0 Å². The van der Waals surface area contributed by atoms with Crippen LogP contribution in [0.3, 0.4) is 0 Å². The molecule has 0 saturated heterocycles. The van der Waals surface area contributed by atoms with E-state index >= 15 is 0 Å². The van der Waals surface area contributed by atoms with Gasteiger partial charge in [-0.25, -0.2) is 0 Å². The number of rotatable bonds is 3. The number of amides is 1. The number of benzene rings is 1. The fourth-order valence-corrected chi connectivity index (χ4v) is 2.11. The monoisotopic (exact) mass is 343 g/mol. The first-order chi connectivity index (χ1) is 8.97. The second kappa shape index (κ2) is 5.62. The quantitative estimate of drug-likeness (QED) is 0.500. The summed E-state index contributed by atoms with van der Waals surface area (Å²) in [6.07, 6.45) is 1.80. The highest BCUT2D eigenvalue weighted by Crippen LogP contribution is 2.29. The van der Waals surface area contributed by atoms with Crippen molar-refractivity contribution < 1.29 is 9.72 Å². The lowest BCUT2D eigenvalue weighted by Crippen LogP contribution is -2.35. The average Bonchev–Trinajstić information content (AvgIpc) is 3.15. The lowest BCUT2D eigenvalue weighted by atomic mass is 10.3. The van der Waals surface area contributed by atoms with Gasteiger partial charge in [0.05, 0.1) is 10.6 Å². The maximum Gasteiger partial charge on any atom is 0.270 e. The summed E-state index contributed by atoms with van der Waals surface area (Å²) in [6, 6.07) is 4.25. The Hall–Kier alpha value is -1.54. The van der Waals surface area contributed by atoms with Gasteiger partial charge in [0.25, 0.3) is 5.69 Å². The third-order valence-corrected chi connectivity index (χ3v) is 3.46. The molecule has 6 nitrogen and oxygen atoms in total. The Morgan fingerprint density at radius 1 is 1.47 bits per heavy atom. The molecule has 0 spiro atoms. The van der Waals surface area contributed by atoms with E-state index in [1.807, 2.05) is 0 Å². The number of hydrogen-bond acceptors (Lipinski definition) is 4. The molecule has 0 radical (unpaired) electrons. The van der Waals surface area contributed by atoms with Crippen LogP contribution >= 0.6 is 28.1 Å². The predicted molar refractivity (Wildman–Crippen MR) is 77.9 cm³/mol. The van der Waals surface area contributed by atoms with Crippen molar-refractivity contribution >= 4 is 50.5 Å². The van der Waals surface area contributed by atoms with E-state index in [9.17, 15) is 14.9 Å². The van der Waals surface area contributed by atoms with Crippen LogP contribution in [-0.2, 0) is 4.79 Å². The fourth-order valence-electron chi connectivity index (χ4n) is 1.43. The van der Waals surface area contributed by atoms with Gasteiger partial charge in [-0.3, -0.25) is 14.9 Å². The number of anilines is 1. The van der Waals surface area contributed by atoms with Crippen molar-refractivity contribution in [2.75, 3.05) is 5.32 Å². The largest absolute Gasteiger partial charge is 0.331 e. The molecule has 0 unspecified atom stereocenters. The van der Waals surface area contributed by atoms with Gasteiger partial charge in [-0.05, 0) is 47.1 Å². The van der Waals surface area contributed by atoms with Gasteiger partial charge >= 0.3 is 0 Å². The molecule has 19 heavy (non-hydrogen) atoms. The molecule has 100 valence electrons. The Morgan fingerprint density at radius 2 is 2.16 bits per heavy atom. The van der Waals surface area contributed by atoms with E-state index in [4.69, 9.17) is 12.2 Å². The van der Waals surface area contributed by atoms with Gasteiger partial charge < -0.3 is 10.6 Å². The van der Waals surface area contributed by atoms with E-state index in [-0.39, 0.29) is 22.6 Å². The Bertz CT molecular complexity index is 560. The molecule has 1 amide bonds. The molecular formula is C11H10BrN3O3S. The number of halogens is 1. The zero-order chi connectivity index (χ0) is 14.0. The molecule has 1 aromatic carbocycles. The molecule has 2 rings (SSSR count). The smallest absolute Gasteiger partial charge is 0.270 e. The number of carbonyl (C=O) groups is 1. The second-order valence-corrected chi connectivity index (χ2v) is 5.40. The highest BCUT2D eigenvalue weighted by molar-refractivity contribution is 9.10. The first-order valence-corrected chi connectivity index (χ1v) is 6.73. The normalized spacial score (nSPS) is 13.7. The van der Waals surface area contributed by atoms with Crippen molar-refractivity contribution in [1.82, 2.24) is 5.32 Å². The molecular weight excluding hydrogens is 334 g/mol. The number of nitrogens with zero attached hydrogens (tertiary/aromatic N) is 1. The molecule has 1 fully saturated rings. The minimum absolute atomic E-state index is 0.0228. The summed E-state index contributed by atoms with van der Waals surface area (Å²) in [7, 11) is 0. The van der Waals surface area contributed by atoms with Crippen molar-refractivity contribution in [3.8, 4) is 0 Å². The zero-order valence-electron chi connectivity index (χ0n) is 9.68. The van der Waals surface area contributed by atoms with Crippen LogP contribution in [0.4, 0.5) is 11.4 Å². The van der Waals surface area contributed by atoms with Crippen LogP contribution in [0.1, 0.15) is 12.8 Å². The van der Waals surface area contributed by atoms with Crippen molar-refractivity contribution in [2.24, 2.45) is 5.92 Å². The lowest BCUT2D eigenvalue weighted by molar-refractivity contribution is -0.384. The third kappa shape index (κ3) is 3.71. The van der Waals surface area contributed by atoms with E-state index in [1.54, 1.807) is 0 Å². The summed E-state index contributed by atoms with van der Waals surface area (Å²) in [4.78, 5) is 21.6. The van der Waals surface area contributed by atoms with E-state index in [1.165, 1.54) is 18.2 Å². The number of nitro benzene ring substituents is 1. The maximum absolute atomic E-state index is 11.5. The molecule has 1 aliphatic carbocycles. The molecule has 8 heteroatoms. The highest BCUT2D eigenvalue weighted by Gasteiger charge is 2.30. The summed E-state index contributed by atoms with van der Waals surface area (Å²) < 4.78 is 0.504. The van der Waals surface area contributed by atoms with Crippen molar-refractivity contribution in [1.29, 1.82) is 0 Å². The second-order valence-electron chi connectivity index (χ2n) is 4.14. The Morgan fingerprint density at radius 3 is 2.68 bits per heavy atom. The van der Waals surface area contributed by atoms with Crippen LogP contribution in [0.2, 0.25) is 0 Å². The number of carbonyl (C=O) groups excluding carboxylic acids is 1. The topological polar surface area (TPSA) is 84.3 Å². The van der Waals surface area contributed by atoms with E-state index in [0.717, 1.165) is 12.8 Å². The van der Waals surface area contributed by atoms with Crippen molar-refractivity contribution in [3.05, 3.63) is 32.8 Å². The number of nitro groups is 1. The minimum atomic E-state index is -0.484. The first kappa shape index (κ1) is 13.9. The van der Waals surface area contributed by atoms with E-state index in [0.29, 0.717) is 10.2 Å². The van der Waals surface area contributed by atoms with Gasteiger partial charge in [0.2, 0.25) is 5.91 Å². The van der Waals surface area contributed by atoms with Crippen molar-refractivity contribution in [2.45, 2.75) is 12.8 Å².